The van der Waals surface area contributed by atoms with Crippen LogP contribution >= 0.6 is 15.9 Å². The van der Waals surface area contributed by atoms with Crippen LogP contribution in [0.1, 0.15) is 12.5 Å². The number of benzene rings is 2. The summed E-state index contributed by atoms with van der Waals surface area (Å²) in [5.41, 5.74) is 3.27. The largest absolute Gasteiger partial charge is 0.324 e. The molecule has 3 aromatic rings. The lowest BCUT2D eigenvalue weighted by atomic mass is 10.1. The summed E-state index contributed by atoms with van der Waals surface area (Å²) in [6, 6.07) is 13.4. The molecule has 0 spiro atoms. The van der Waals surface area contributed by atoms with Crippen LogP contribution in [-0.4, -0.2) is 26.1 Å². The third kappa shape index (κ3) is 3.14. The molecule has 0 unspecified atom stereocenters. The van der Waals surface area contributed by atoms with Crippen molar-refractivity contribution in [2.24, 2.45) is 0 Å². The van der Waals surface area contributed by atoms with E-state index < -0.39 is 0 Å². The van der Waals surface area contributed by atoms with E-state index in [0.717, 1.165) is 21.3 Å². The Hall–Kier alpha value is -2.54. The standard InChI is InChI=1S/C16H14BrN5O/c1-10-4-3-5-14(18-11(2)23)15(10)22-16(19-20-21-22)12-6-8-13(17)9-7-12/h3-9H,1-2H3,(H,18,23). The van der Waals surface area contributed by atoms with Crippen molar-refractivity contribution in [3.8, 4) is 17.1 Å². The van der Waals surface area contributed by atoms with Crippen LogP contribution in [0.4, 0.5) is 5.69 Å². The average Bonchev–Trinajstić information content (AvgIpc) is 2.96. The summed E-state index contributed by atoms with van der Waals surface area (Å²) in [7, 11) is 0. The molecule has 7 heteroatoms. The predicted octanol–water partition coefficient (Wildman–Crippen LogP) is 3.36. The van der Waals surface area contributed by atoms with Gasteiger partial charge in [-0.25, -0.2) is 0 Å². The van der Waals surface area contributed by atoms with Gasteiger partial charge in [-0.1, -0.05) is 40.2 Å². The molecule has 1 aromatic heterocycles. The van der Waals surface area contributed by atoms with E-state index in [1.807, 2.05) is 49.4 Å². The Morgan fingerprint density at radius 2 is 1.91 bits per heavy atom. The Bertz CT molecular complexity index is 857. The molecule has 1 heterocycles. The van der Waals surface area contributed by atoms with Gasteiger partial charge in [0.05, 0.1) is 11.4 Å². The maximum absolute atomic E-state index is 11.5. The van der Waals surface area contributed by atoms with Crippen molar-refractivity contribution < 1.29 is 4.79 Å². The minimum absolute atomic E-state index is 0.143. The first-order chi connectivity index (χ1) is 11.1. The number of rotatable bonds is 3. The van der Waals surface area contributed by atoms with Gasteiger partial charge in [0.2, 0.25) is 5.91 Å². The Kier molecular flexibility index (Phi) is 4.20. The van der Waals surface area contributed by atoms with Crippen molar-refractivity contribution in [3.63, 3.8) is 0 Å². The second kappa shape index (κ2) is 6.29. The fourth-order valence-corrected chi connectivity index (χ4v) is 2.61. The molecule has 0 saturated carbocycles. The molecule has 2 aromatic carbocycles. The van der Waals surface area contributed by atoms with Gasteiger partial charge in [0.25, 0.3) is 0 Å². The van der Waals surface area contributed by atoms with E-state index >= 15 is 0 Å². The molecular weight excluding hydrogens is 358 g/mol. The first-order valence-corrected chi connectivity index (χ1v) is 7.77. The fraction of sp³-hybridized carbons (Fsp3) is 0.125. The van der Waals surface area contributed by atoms with E-state index in [1.165, 1.54) is 6.92 Å². The van der Waals surface area contributed by atoms with Gasteiger partial charge in [-0.15, -0.1) is 5.10 Å². The predicted molar refractivity (Wildman–Crippen MR) is 91.3 cm³/mol. The second-order valence-corrected chi connectivity index (χ2v) is 5.99. The van der Waals surface area contributed by atoms with Gasteiger partial charge in [-0.05, 0) is 41.1 Å². The van der Waals surface area contributed by atoms with Crippen molar-refractivity contribution >= 4 is 27.5 Å². The van der Waals surface area contributed by atoms with E-state index in [2.05, 4.69) is 36.8 Å². The summed E-state index contributed by atoms with van der Waals surface area (Å²) in [6.07, 6.45) is 0. The summed E-state index contributed by atoms with van der Waals surface area (Å²) < 4.78 is 2.62. The Morgan fingerprint density at radius 3 is 2.61 bits per heavy atom. The minimum atomic E-state index is -0.143. The first-order valence-electron chi connectivity index (χ1n) is 6.98. The van der Waals surface area contributed by atoms with Gasteiger partial charge >= 0.3 is 0 Å². The summed E-state index contributed by atoms with van der Waals surface area (Å²) in [5, 5.41) is 14.9. The SMILES string of the molecule is CC(=O)Nc1cccc(C)c1-n1nnnc1-c1ccc(Br)cc1. The number of tetrazole rings is 1. The number of nitrogens with zero attached hydrogens (tertiary/aromatic N) is 4. The van der Waals surface area contributed by atoms with Crippen LogP contribution in [-0.2, 0) is 4.79 Å². The van der Waals surface area contributed by atoms with Gasteiger partial charge in [-0.2, -0.15) is 4.68 Å². The molecule has 0 bridgehead atoms. The van der Waals surface area contributed by atoms with E-state index in [1.54, 1.807) is 4.68 Å². The molecule has 116 valence electrons. The Balaban J connectivity index is 2.16. The maximum atomic E-state index is 11.5. The summed E-state index contributed by atoms with van der Waals surface area (Å²) in [4.78, 5) is 11.5. The lowest BCUT2D eigenvalue weighted by molar-refractivity contribution is -0.114. The van der Waals surface area contributed by atoms with Gasteiger partial charge in [0.15, 0.2) is 5.82 Å². The number of aromatic nitrogens is 4. The highest BCUT2D eigenvalue weighted by molar-refractivity contribution is 9.10. The third-order valence-corrected chi connectivity index (χ3v) is 3.86. The molecule has 23 heavy (non-hydrogen) atoms. The topological polar surface area (TPSA) is 72.7 Å². The van der Waals surface area contributed by atoms with Crippen LogP contribution in [0.3, 0.4) is 0 Å². The molecular formula is C16H14BrN5O. The molecule has 0 fully saturated rings. The van der Waals surface area contributed by atoms with E-state index in [4.69, 9.17) is 0 Å². The van der Waals surface area contributed by atoms with Gasteiger partial charge < -0.3 is 5.32 Å². The quantitative estimate of drug-likeness (QED) is 0.765. The number of carbonyl (C=O) groups excluding carboxylic acids is 1. The number of anilines is 1. The number of hydrogen-bond acceptors (Lipinski definition) is 4. The second-order valence-electron chi connectivity index (χ2n) is 5.07. The number of para-hydroxylation sites is 1. The van der Waals surface area contributed by atoms with Crippen molar-refractivity contribution in [1.29, 1.82) is 0 Å². The number of amides is 1. The Morgan fingerprint density at radius 1 is 1.17 bits per heavy atom. The lowest BCUT2D eigenvalue weighted by Crippen LogP contribution is -2.11. The maximum Gasteiger partial charge on any atom is 0.221 e. The highest BCUT2D eigenvalue weighted by atomic mass is 79.9. The molecule has 0 aliphatic carbocycles. The van der Waals surface area contributed by atoms with Crippen LogP contribution < -0.4 is 5.32 Å². The molecule has 1 amide bonds. The van der Waals surface area contributed by atoms with Crippen LogP contribution in [0, 0.1) is 6.92 Å². The van der Waals surface area contributed by atoms with E-state index in [-0.39, 0.29) is 5.91 Å². The molecule has 0 radical (unpaired) electrons. The van der Waals surface area contributed by atoms with Crippen LogP contribution in [0.2, 0.25) is 0 Å². The molecule has 0 saturated heterocycles. The number of halogens is 1. The molecule has 1 N–H and O–H groups in total. The lowest BCUT2D eigenvalue weighted by Gasteiger charge is -2.13. The number of carbonyl (C=O) groups is 1. The smallest absolute Gasteiger partial charge is 0.221 e. The molecule has 0 aliphatic rings. The molecule has 0 aliphatic heterocycles. The van der Waals surface area contributed by atoms with Crippen LogP contribution in [0.5, 0.6) is 0 Å². The number of hydrogen-bond donors (Lipinski definition) is 1. The van der Waals surface area contributed by atoms with Gasteiger partial charge in [-0.3, -0.25) is 4.79 Å². The van der Waals surface area contributed by atoms with Crippen molar-refractivity contribution in [2.75, 3.05) is 5.32 Å². The molecule has 3 rings (SSSR count). The minimum Gasteiger partial charge on any atom is -0.324 e. The van der Waals surface area contributed by atoms with Crippen molar-refractivity contribution in [2.45, 2.75) is 13.8 Å². The normalized spacial score (nSPS) is 10.6. The third-order valence-electron chi connectivity index (χ3n) is 3.33. The summed E-state index contributed by atoms with van der Waals surface area (Å²) >= 11 is 3.42. The zero-order valence-corrected chi connectivity index (χ0v) is 14.2. The van der Waals surface area contributed by atoms with E-state index in [0.29, 0.717) is 11.5 Å². The van der Waals surface area contributed by atoms with Gasteiger partial charge in [0, 0.05) is 17.0 Å². The Labute approximate surface area is 141 Å². The molecule has 0 atom stereocenters. The number of aryl methyl sites for hydroxylation is 1. The summed E-state index contributed by atoms with van der Waals surface area (Å²) in [5.74, 6) is 0.466. The number of nitrogens with one attached hydrogen (secondary N) is 1. The molecule has 6 nitrogen and oxygen atoms in total. The van der Waals surface area contributed by atoms with Crippen LogP contribution in [0.15, 0.2) is 46.9 Å². The van der Waals surface area contributed by atoms with E-state index in [9.17, 15) is 4.79 Å². The first kappa shape index (κ1) is 15.4. The fourth-order valence-electron chi connectivity index (χ4n) is 2.35. The van der Waals surface area contributed by atoms with Crippen molar-refractivity contribution in [3.05, 3.63) is 52.5 Å². The van der Waals surface area contributed by atoms with Gasteiger partial charge in [0.1, 0.15) is 0 Å². The monoisotopic (exact) mass is 371 g/mol. The highest BCUT2D eigenvalue weighted by Gasteiger charge is 2.16. The summed E-state index contributed by atoms with van der Waals surface area (Å²) in [6.45, 7) is 3.43. The van der Waals surface area contributed by atoms with Crippen LogP contribution in [0.25, 0.3) is 17.1 Å². The average molecular weight is 372 g/mol. The van der Waals surface area contributed by atoms with Crippen molar-refractivity contribution in [1.82, 2.24) is 20.2 Å². The zero-order chi connectivity index (χ0) is 16.4. The zero-order valence-electron chi connectivity index (χ0n) is 12.6. The highest BCUT2D eigenvalue weighted by Crippen LogP contribution is 2.28.